The highest BCUT2D eigenvalue weighted by atomic mass is 35.5. The summed E-state index contributed by atoms with van der Waals surface area (Å²) in [6.07, 6.45) is 1.72. The Labute approximate surface area is 178 Å². The van der Waals surface area contributed by atoms with Crippen molar-refractivity contribution < 1.29 is 9.59 Å². The molecule has 0 atom stereocenters. The second-order valence-electron chi connectivity index (χ2n) is 6.97. The number of carbonyl (C=O) groups is 2. The third kappa shape index (κ3) is 3.86. The molecule has 0 saturated carbocycles. The number of hydrogen-bond donors (Lipinski definition) is 1. The van der Waals surface area contributed by atoms with E-state index in [4.69, 9.17) is 28.9 Å². The summed E-state index contributed by atoms with van der Waals surface area (Å²) in [5.74, 6) is -0.575. The third-order valence-electron chi connectivity index (χ3n) is 5.08. The normalized spacial score (nSPS) is 13.1. The van der Waals surface area contributed by atoms with E-state index in [1.165, 1.54) is 0 Å². The Morgan fingerprint density at radius 1 is 0.931 bits per heavy atom. The molecule has 4 nitrogen and oxygen atoms in total. The summed E-state index contributed by atoms with van der Waals surface area (Å²) in [6, 6.07) is 17.8. The molecule has 0 unspecified atom stereocenters. The van der Waals surface area contributed by atoms with E-state index in [1.807, 2.05) is 18.2 Å². The van der Waals surface area contributed by atoms with E-state index >= 15 is 0 Å². The number of nitrogens with two attached hydrogens (primary N) is 1. The first-order valence-corrected chi connectivity index (χ1v) is 10.00. The molecule has 1 heterocycles. The molecule has 0 fully saturated rings. The molecule has 146 valence electrons. The van der Waals surface area contributed by atoms with Crippen LogP contribution < -0.4 is 10.6 Å². The van der Waals surface area contributed by atoms with Crippen molar-refractivity contribution in [2.24, 2.45) is 5.73 Å². The Bertz CT molecular complexity index is 1130. The van der Waals surface area contributed by atoms with Crippen LogP contribution in [-0.4, -0.2) is 18.4 Å². The molecule has 2 amide bonds. The molecule has 3 aromatic rings. The van der Waals surface area contributed by atoms with Crippen LogP contribution in [0.5, 0.6) is 0 Å². The van der Waals surface area contributed by atoms with Crippen LogP contribution in [0.25, 0.3) is 11.1 Å². The van der Waals surface area contributed by atoms with Gasteiger partial charge in [-0.1, -0.05) is 35.3 Å². The van der Waals surface area contributed by atoms with E-state index in [-0.39, 0.29) is 5.91 Å². The number of anilines is 1. The summed E-state index contributed by atoms with van der Waals surface area (Å²) < 4.78 is 0. The minimum atomic E-state index is -0.501. The zero-order valence-electron chi connectivity index (χ0n) is 15.5. The van der Waals surface area contributed by atoms with Crippen molar-refractivity contribution in [2.45, 2.75) is 12.8 Å². The number of hydrogen-bond acceptors (Lipinski definition) is 2. The third-order valence-corrected chi connectivity index (χ3v) is 5.64. The summed E-state index contributed by atoms with van der Waals surface area (Å²) in [5.41, 5.74) is 9.93. The number of rotatable bonds is 3. The Hall–Kier alpha value is -2.82. The van der Waals surface area contributed by atoms with Gasteiger partial charge in [0.05, 0.1) is 0 Å². The maximum atomic E-state index is 13.0. The number of fused-ring (bicyclic) bond motifs is 1. The summed E-state index contributed by atoms with van der Waals surface area (Å²) in [5, 5.41) is 1.07. The number of primary amides is 1. The van der Waals surface area contributed by atoms with Crippen LogP contribution in [0.1, 0.15) is 32.7 Å². The number of aryl methyl sites for hydroxylation is 1. The van der Waals surface area contributed by atoms with Crippen LogP contribution in [0.4, 0.5) is 5.69 Å². The second-order valence-corrected chi connectivity index (χ2v) is 7.82. The van der Waals surface area contributed by atoms with Gasteiger partial charge < -0.3 is 10.6 Å². The van der Waals surface area contributed by atoms with Crippen molar-refractivity contribution >= 4 is 40.7 Å². The fourth-order valence-electron chi connectivity index (χ4n) is 3.65. The van der Waals surface area contributed by atoms with E-state index in [0.717, 1.165) is 35.2 Å². The lowest BCUT2D eigenvalue weighted by Crippen LogP contribution is -2.35. The van der Waals surface area contributed by atoms with Gasteiger partial charge >= 0.3 is 0 Å². The number of amides is 2. The van der Waals surface area contributed by atoms with Crippen LogP contribution in [0.2, 0.25) is 10.0 Å². The molecule has 3 aromatic carbocycles. The van der Waals surface area contributed by atoms with Crippen molar-refractivity contribution in [1.29, 1.82) is 0 Å². The second kappa shape index (κ2) is 7.90. The van der Waals surface area contributed by atoms with Crippen LogP contribution in [0, 0.1) is 0 Å². The first-order chi connectivity index (χ1) is 13.9. The van der Waals surface area contributed by atoms with Gasteiger partial charge in [0, 0.05) is 39.0 Å². The van der Waals surface area contributed by atoms with Crippen molar-refractivity contribution in [3.05, 3.63) is 87.4 Å². The first kappa shape index (κ1) is 19.5. The van der Waals surface area contributed by atoms with E-state index < -0.39 is 5.91 Å². The predicted molar refractivity (Wildman–Crippen MR) is 117 cm³/mol. The van der Waals surface area contributed by atoms with Gasteiger partial charge in [-0.3, -0.25) is 9.59 Å². The molecule has 1 aliphatic heterocycles. The summed E-state index contributed by atoms with van der Waals surface area (Å²) in [7, 11) is 0. The van der Waals surface area contributed by atoms with E-state index in [0.29, 0.717) is 27.7 Å². The maximum absolute atomic E-state index is 13.0. The fourth-order valence-corrected chi connectivity index (χ4v) is 4.07. The molecule has 0 radical (unpaired) electrons. The van der Waals surface area contributed by atoms with Gasteiger partial charge in [-0.05, 0) is 72.5 Å². The predicted octanol–water partition coefficient (Wildman–Crippen LogP) is 5.35. The average molecular weight is 425 g/mol. The topological polar surface area (TPSA) is 63.4 Å². The zero-order chi connectivity index (χ0) is 20.5. The lowest BCUT2D eigenvalue weighted by Gasteiger charge is -2.30. The van der Waals surface area contributed by atoms with Gasteiger partial charge in [0.25, 0.3) is 5.91 Å². The highest BCUT2D eigenvalue weighted by Gasteiger charge is 2.24. The van der Waals surface area contributed by atoms with Crippen molar-refractivity contribution in [2.75, 3.05) is 11.4 Å². The molecule has 0 aliphatic carbocycles. The molecule has 0 aromatic heterocycles. The smallest absolute Gasteiger partial charge is 0.258 e. The van der Waals surface area contributed by atoms with Crippen LogP contribution in [-0.2, 0) is 6.42 Å². The maximum Gasteiger partial charge on any atom is 0.258 e. The van der Waals surface area contributed by atoms with Crippen molar-refractivity contribution in [3.8, 4) is 11.1 Å². The Balaban J connectivity index is 1.72. The fraction of sp³-hybridized carbons (Fsp3) is 0.130. The molecule has 0 bridgehead atoms. The first-order valence-electron chi connectivity index (χ1n) is 9.24. The van der Waals surface area contributed by atoms with Gasteiger partial charge in [0.2, 0.25) is 5.91 Å². The van der Waals surface area contributed by atoms with Gasteiger partial charge in [-0.25, -0.2) is 0 Å². The summed E-state index contributed by atoms with van der Waals surface area (Å²) in [4.78, 5) is 26.4. The average Bonchev–Trinajstić information content (AvgIpc) is 2.72. The zero-order valence-corrected chi connectivity index (χ0v) is 17.0. The number of halogens is 2. The van der Waals surface area contributed by atoms with Crippen molar-refractivity contribution in [3.63, 3.8) is 0 Å². The summed E-state index contributed by atoms with van der Waals surface area (Å²) in [6.45, 7) is 0.648. The standard InChI is InChI=1S/C23H18Cl2N2O2/c24-18-5-1-3-17(12-18)23(29)27-10-2-4-15-11-14(7-9-21(15)27)19-13-16(22(26)28)6-8-20(19)25/h1,3,5-9,11-13H,2,4,10H2,(H2,26,28). The van der Waals surface area contributed by atoms with Gasteiger partial charge in [-0.2, -0.15) is 0 Å². The number of carbonyl (C=O) groups excluding carboxylic acids is 2. The monoisotopic (exact) mass is 424 g/mol. The molecule has 1 aliphatic rings. The largest absolute Gasteiger partial charge is 0.366 e. The summed E-state index contributed by atoms with van der Waals surface area (Å²) >= 11 is 12.4. The van der Waals surface area contributed by atoms with E-state index in [1.54, 1.807) is 47.4 Å². The highest BCUT2D eigenvalue weighted by molar-refractivity contribution is 6.33. The molecular weight excluding hydrogens is 407 g/mol. The van der Waals surface area contributed by atoms with Crippen LogP contribution in [0.15, 0.2) is 60.7 Å². The highest BCUT2D eigenvalue weighted by Crippen LogP contribution is 2.35. The minimum Gasteiger partial charge on any atom is -0.366 e. The van der Waals surface area contributed by atoms with Gasteiger partial charge in [0.1, 0.15) is 0 Å². The quantitative estimate of drug-likeness (QED) is 0.615. The SMILES string of the molecule is NC(=O)c1ccc(Cl)c(-c2ccc3c(c2)CCCN3C(=O)c2cccc(Cl)c2)c1. The van der Waals surface area contributed by atoms with Crippen LogP contribution >= 0.6 is 23.2 Å². The lowest BCUT2D eigenvalue weighted by molar-refractivity contribution is 0.0981. The molecule has 0 saturated heterocycles. The van der Waals surface area contributed by atoms with Crippen LogP contribution in [0.3, 0.4) is 0 Å². The molecule has 0 spiro atoms. The van der Waals surface area contributed by atoms with Crippen molar-refractivity contribution in [1.82, 2.24) is 0 Å². The molecule has 4 rings (SSSR count). The molecule has 29 heavy (non-hydrogen) atoms. The van der Waals surface area contributed by atoms with Gasteiger partial charge in [-0.15, -0.1) is 0 Å². The number of nitrogens with zero attached hydrogens (tertiary/aromatic N) is 1. The Morgan fingerprint density at radius 2 is 1.76 bits per heavy atom. The van der Waals surface area contributed by atoms with E-state index in [9.17, 15) is 9.59 Å². The minimum absolute atomic E-state index is 0.0741. The molecule has 2 N–H and O–H groups in total. The van der Waals surface area contributed by atoms with E-state index in [2.05, 4.69) is 0 Å². The Kier molecular flexibility index (Phi) is 5.31. The number of benzene rings is 3. The molecule has 6 heteroatoms. The molecular formula is C23H18Cl2N2O2. The lowest BCUT2D eigenvalue weighted by atomic mass is 9.95. The van der Waals surface area contributed by atoms with Gasteiger partial charge in [0.15, 0.2) is 0 Å². The Morgan fingerprint density at radius 3 is 2.52 bits per heavy atom.